The number of ether oxygens (including phenoxy) is 4. The molecule has 8 N–H and O–H groups in total. The quantitative estimate of drug-likeness (QED) is 0.0230. The average molecular weight is 1360 g/mol. The smallest absolute Gasteiger partial charge is 0.409 e. The molecule has 4 saturated carbocycles. The molecule has 96 heavy (non-hydrogen) atoms. The highest BCUT2D eigenvalue weighted by Crippen LogP contribution is 2.72. The van der Waals surface area contributed by atoms with Gasteiger partial charge in [0.05, 0.1) is 40.1 Å². The molecule has 3 aromatic carbocycles. The Morgan fingerprint density at radius 3 is 2.36 bits per heavy atom. The number of carboxylic acids is 2. The maximum Gasteiger partial charge on any atom is 0.409 e. The monoisotopic (exact) mass is 1360 g/mol. The lowest BCUT2D eigenvalue weighted by Crippen LogP contribution is -2.64. The Balaban J connectivity index is 0.712. The first kappa shape index (κ1) is 69.0. The van der Waals surface area contributed by atoms with Crippen molar-refractivity contribution in [3.8, 4) is 16.9 Å². The molecular weight excluding hydrogens is 1280 g/mol. The predicted molar refractivity (Wildman–Crippen MR) is 354 cm³/mol. The minimum absolute atomic E-state index is 0.0314. The highest BCUT2D eigenvalue weighted by Gasteiger charge is 2.66. The summed E-state index contributed by atoms with van der Waals surface area (Å²) in [5.41, 5.74) is 4.55. The molecule has 5 heterocycles. The molecule has 3 unspecified atom stereocenters. The van der Waals surface area contributed by atoms with Crippen molar-refractivity contribution in [2.45, 2.75) is 154 Å². The number of carboxylic acid groups (broad SMARTS) is 2. The number of aliphatic carboxylic acids is 1. The van der Waals surface area contributed by atoms with Crippen LogP contribution in [0.15, 0.2) is 91.0 Å². The predicted octanol–water partition coefficient (Wildman–Crippen LogP) is 7.62. The lowest BCUT2D eigenvalue weighted by atomic mass is 9.39. The molecule has 6 aliphatic rings. The van der Waals surface area contributed by atoms with E-state index in [9.17, 15) is 62.7 Å². The van der Waals surface area contributed by atoms with Crippen LogP contribution in [-0.4, -0.2) is 170 Å². The van der Waals surface area contributed by atoms with Gasteiger partial charge in [0.2, 0.25) is 18.1 Å². The van der Waals surface area contributed by atoms with Gasteiger partial charge in [-0.1, -0.05) is 68.5 Å². The zero-order valence-electron chi connectivity index (χ0n) is 54.0. The molecule has 26 nitrogen and oxygen atoms in total. The number of anilines is 3. The van der Waals surface area contributed by atoms with Gasteiger partial charge in [-0.2, -0.15) is 5.10 Å². The fraction of sp³-hybridized carbons (Fsp3) is 0.485. The Morgan fingerprint density at radius 1 is 0.854 bits per heavy atom. The number of amides is 4. The number of aromatic nitrogens is 4. The number of aromatic carboxylic acids is 1. The molecule has 28 heteroatoms. The maximum absolute atomic E-state index is 13.8. The molecule has 7 atom stereocenters. The number of thiazole rings is 1. The summed E-state index contributed by atoms with van der Waals surface area (Å²) in [5, 5.41) is 66.4. The summed E-state index contributed by atoms with van der Waals surface area (Å²) in [6.07, 6.45) is -1.50. The van der Waals surface area contributed by atoms with Crippen molar-refractivity contribution in [3.63, 3.8) is 0 Å². The third-order valence-electron chi connectivity index (χ3n) is 19.1. The zero-order chi connectivity index (χ0) is 68.5. The second kappa shape index (κ2) is 28.0. The second-order valence-electron chi connectivity index (χ2n) is 27.1. The number of carbonyl (C=O) groups is 6. The fourth-order valence-corrected chi connectivity index (χ4v) is 17.4. The van der Waals surface area contributed by atoms with Crippen LogP contribution in [0.5, 0.6) is 5.75 Å². The van der Waals surface area contributed by atoms with Crippen LogP contribution >= 0.6 is 11.3 Å². The molecule has 5 fully saturated rings. The SMILES string of the molecule is C=CS(=O)(=O)CCCCCC(=O)NCCC(=O)Nc1cc(COC(=O)N(C)CCOC23CC4(C)CC(C)(CC(Cn5ncc(-c6ccc(N7CCc8cccc(C(=O)Nc9nc%10ccccc%10s9)c8C7)nc6C(=O)O)c5C)(C4)C2)C3)ccc1OC1O[C@H](C(=O)O)[C@@H](O)[C@H](O)[C@H]1O. The van der Waals surface area contributed by atoms with Gasteiger partial charge in [-0.05, 0) is 140 Å². The number of hydrogen-bond donors (Lipinski definition) is 8. The molecule has 4 amide bonds. The molecule has 0 radical (unpaired) electrons. The van der Waals surface area contributed by atoms with Gasteiger partial charge in [0, 0.05) is 80.4 Å². The molecule has 6 aromatic rings. The molecule has 4 bridgehead atoms. The summed E-state index contributed by atoms with van der Waals surface area (Å²) in [5.74, 6) is -3.79. The van der Waals surface area contributed by atoms with Crippen LogP contribution in [0, 0.1) is 23.2 Å². The molecule has 1 saturated heterocycles. The number of fused-ring (bicyclic) bond motifs is 2. The van der Waals surface area contributed by atoms with E-state index >= 15 is 0 Å². The number of nitrogens with zero attached hydrogens (tertiary/aromatic N) is 6. The van der Waals surface area contributed by atoms with Crippen LogP contribution in [0.2, 0.25) is 0 Å². The van der Waals surface area contributed by atoms with E-state index in [0.717, 1.165) is 71.0 Å². The number of carbonyl (C=O) groups excluding carboxylic acids is 4. The molecule has 2 aliphatic heterocycles. The third kappa shape index (κ3) is 15.4. The van der Waals surface area contributed by atoms with E-state index in [4.69, 9.17) is 29.0 Å². The van der Waals surface area contributed by atoms with Crippen molar-refractivity contribution in [1.82, 2.24) is 30.0 Å². The van der Waals surface area contributed by atoms with Gasteiger partial charge in [-0.25, -0.2) is 32.8 Å². The molecule has 0 spiro atoms. The first-order valence-corrected chi connectivity index (χ1v) is 34.6. The molecule has 4 aliphatic carbocycles. The lowest BCUT2D eigenvalue weighted by Gasteiger charge is -2.69. The summed E-state index contributed by atoms with van der Waals surface area (Å²) >= 11 is 1.40. The molecule has 12 rings (SSSR count). The molecular formula is C68H81N9O17S2. The normalized spacial score (nSPS) is 25.0. The van der Waals surface area contributed by atoms with E-state index in [1.165, 1.54) is 34.4 Å². The third-order valence-corrected chi connectivity index (χ3v) is 21.4. The lowest BCUT2D eigenvalue weighted by molar-refractivity contribution is -0.271. The van der Waals surface area contributed by atoms with Gasteiger partial charge in [0.25, 0.3) is 5.91 Å². The van der Waals surface area contributed by atoms with Crippen molar-refractivity contribution in [2.75, 3.05) is 54.6 Å². The van der Waals surface area contributed by atoms with E-state index in [1.807, 2.05) is 59.0 Å². The van der Waals surface area contributed by atoms with Gasteiger partial charge in [0.15, 0.2) is 26.8 Å². The van der Waals surface area contributed by atoms with Gasteiger partial charge in [-0.3, -0.25) is 24.4 Å². The standard InChI is InChI=1S/C68H81N9O17S2/c1-6-96(89,90)28-11-7-8-17-52(78)69-24-22-53(79)71-48-29-41(18-20-49(48)93-62-57(82)55(80)56(81)58(94-62)61(86)87)32-91-64(88)75(5)26-27-92-68-36-65(3)33-66(4,37-68)35-67(34-65,38-68)39-77-40(2)45(30-70-77)43-19-21-51(73-54(43)60(84)85)76-25-23-42-13-12-14-44(46(42)31-76)59(83)74-63-72-47-15-9-10-16-50(47)95-63/h6,9-10,12-16,18-21,29-30,55-58,62,80-82H,1,7-8,11,17,22-28,31-39H2,2-5H3,(H,69,78)(H,71,79)(H,84,85)(H,86,87)(H,72,74,83)/t55-,56-,57+,58-,62?,65?,66?,67?,68?/m0/s1. The zero-order valence-corrected chi connectivity index (χ0v) is 55.6. The van der Waals surface area contributed by atoms with Crippen LogP contribution in [0.3, 0.4) is 0 Å². The fourth-order valence-electron chi connectivity index (χ4n) is 15.8. The van der Waals surface area contributed by atoms with Crippen molar-refractivity contribution in [2.24, 2.45) is 16.2 Å². The number of para-hydroxylation sites is 1. The van der Waals surface area contributed by atoms with Crippen molar-refractivity contribution in [3.05, 3.63) is 125 Å². The van der Waals surface area contributed by atoms with Gasteiger partial charge in [0.1, 0.15) is 36.5 Å². The number of benzene rings is 3. The number of sulfone groups is 1. The second-order valence-corrected chi connectivity index (χ2v) is 30.2. The van der Waals surface area contributed by atoms with Crippen LogP contribution in [-0.2, 0) is 64.5 Å². The summed E-state index contributed by atoms with van der Waals surface area (Å²) in [7, 11) is -1.76. The molecule has 512 valence electrons. The number of likely N-dealkylation sites (N-methyl/N-ethyl adjacent to an activating group) is 1. The van der Waals surface area contributed by atoms with Gasteiger partial charge >= 0.3 is 18.0 Å². The summed E-state index contributed by atoms with van der Waals surface area (Å²) in [6, 6.07) is 21.3. The van der Waals surface area contributed by atoms with E-state index in [-0.39, 0.29) is 90.1 Å². The average Bonchev–Trinajstić information content (AvgIpc) is 0.732. The number of nitrogens with one attached hydrogen (secondary N) is 3. The van der Waals surface area contributed by atoms with Gasteiger partial charge in [-0.15, -0.1) is 0 Å². The maximum atomic E-state index is 13.8. The number of rotatable bonds is 27. The minimum Gasteiger partial charge on any atom is -0.479 e. The van der Waals surface area contributed by atoms with Crippen LogP contribution in [0.4, 0.5) is 21.4 Å². The Morgan fingerprint density at radius 2 is 1.62 bits per heavy atom. The molecule has 3 aromatic heterocycles. The summed E-state index contributed by atoms with van der Waals surface area (Å²) in [6.45, 7) is 11.4. The van der Waals surface area contributed by atoms with E-state index in [2.05, 4.69) is 41.4 Å². The van der Waals surface area contributed by atoms with Crippen molar-refractivity contribution < 1.29 is 81.7 Å². The van der Waals surface area contributed by atoms with Gasteiger partial charge < -0.3 is 64.9 Å². The first-order valence-electron chi connectivity index (χ1n) is 32.1. The Hall–Kier alpha value is -8.38. The summed E-state index contributed by atoms with van der Waals surface area (Å²) in [4.78, 5) is 91.1. The van der Waals surface area contributed by atoms with Crippen LogP contribution < -0.4 is 25.6 Å². The minimum atomic E-state index is -3.35. The number of aliphatic hydroxyl groups is 3. The number of aliphatic hydroxyl groups excluding tert-OH is 3. The largest absolute Gasteiger partial charge is 0.479 e. The highest BCUT2D eigenvalue weighted by molar-refractivity contribution is 7.94. The number of pyridine rings is 1. The van der Waals surface area contributed by atoms with Crippen LogP contribution in [0.1, 0.15) is 128 Å². The van der Waals surface area contributed by atoms with E-state index < -0.39 is 70.1 Å². The van der Waals surface area contributed by atoms with Crippen LogP contribution in [0.25, 0.3) is 21.3 Å². The topological polar surface area (TPSA) is 361 Å². The van der Waals surface area contributed by atoms with E-state index in [0.29, 0.717) is 78.5 Å². The van der Waals surface area contributed by atoms with E-state index in [1.54, 1.807) is 25.4 Å². The van der Waals surface area contributed by atoms with Crippen molar-refractivity contribution >= 4 is 83.8 Å². The Kier molecular flexibility index (Phi) is 20.1. The van der Waals surface area contributed by atoms with Crippen molar-refractivity contribution in [1.29, 1.82) is 0 Å². The number of hydrogen-bond acceptors (Lipinski definition) is 20. The Labute approximate surface area is 558 Å². The first-order chi connectivity index (χ1) is 45.6. The Bertz CT molecular complexity index is 4050. The highest BCUT2D eigenvalue weighted by atomic mass is 32.2. The summed E-state index contributed by atoms with van der Waals surface area (Å²) < 4.78 is 50.2. The number of unbranched alkanes of at least 4 members (excludes halogenated alkanes) is 2.